The quantitative estimate of drug-likeness (QED) is 0.465. The van der Waals surface area contributed by atoms with Crippen LogP contribution in [0.25, 0.3) is 0 Å². The highest BCUT2D eigenvalue weighted by molar-refractivity contribution is 7.89. The maximum Gasteiger partial charge on any atom is 0.310 e. The van der Waals surface area contributed by atoms with E-state index in [-0.39, 0.29) is 28.0 Å². The molecule has 0 spiro atoms. The number of para-hydroxylation sites is 2. The van der Waals surface area contributed by atoms with Crippen LogP contribution in [0, 0.1) is 10.1 Å². The topological polar surface area (TPSA) is 93.0 Å². The third-order valence-electron chi connectivity index (χ3n) is 4.57. The fraction of sp³-hybridized carbons (Fsp3) is 0.333. The largest absolute Gasteiger partial charge is 0.485 e. The van der Waals surface area contributed by atoms with Crippen LogP contribution in [0.15, 0.2) is 47.4 Å². The van der Waals surface area contributed by atoms with Gasteiger partial charge in [-0.1, -0.05) is 35.3 Å². The summed E-state index contributed by atoms with van der Waals surface area (Å²) in [5.74, 6) is 0.217. The molecule has 8 nitrogen and oxygen atoms in total. The maximum absolute atomic E-state index is 12.8. The summed E-state index contributed by atoms with van der Waals surface area (Å²) in [5, 5.41) is 11.5. The van der Waals surface area contributed by atoms with Gasteiger partial charge in [0.05, 0.1) is 9.95 Å². The first kappa shape index (κ1) is 21.8. The summed E-state index contributed by atoms with van der Waals surface area (Å²) in [6, 6.07) is 10.6. The molecule has 0 radical (unpaired) electrons. The van der Waals surface area contributed by atoms with Crippen molar-refractivity contribution in [3.05, 3.63) is 62.6 Å². The van der Waals surface area contributed by atoms with Gasteiger partial charge < -0.3 is 4.74 Å². The Morgan fingerprint density at radius 2 is 1.76 bits per heavy atom. The van der Waals surface area contributed by atoms with Gasteiger partial charge in [0.1, 0.15) is 11.5 Å². The molecule has 3 rings (SSSR count). The maximum atomic E-state index is 12.8. The molecule has 156 valence electrons. The summed E-state index contributed by atoms with van der Waals surface area (Å²) < 4.78 is 32.6. The van der Waals surface area contributed by atoms with Crippen molar-refractivity contribution in [3.8, 4) is 5.75 Å². The third kappa shape index (κ3) is 5.18. The Kier molecular flexibility index (Phi) is 6.97. The van der Waals surface area contributed by atoms with E-state index in [2.05, 4.69) is 0 Å². The molecule has 1 aliphatic heterocycles. The van der Waals surface area contributed by atoms with Crippen molar-refractivity contribution in [2.75, 3.05) is 39.3 Å². The monoisotopic (exact) mass is 459 g/mol. The minimum absolute atomic E-state index is 0.000151. The molecule has 1 heterocycles. The van der Waals surface area contributed by atoms with Crippen LogP contribution < -0.4 is 4.74 Å². The van der Waals surface area contributed by atoms with E-state index in [1.807, 2.05) is 4.90 Å². The summed E-state index contributed by atoms with van der Waals surface area (Å²) in [7, 11) is -3.73. The number of halogens is 2. The van der Waals surface area contributed by atoms with E-state index in [1.165, 1.54) is 28.6 Å². The highest BCUT2D eigenvalue weighted by Crippen LogP contribution is 2.28. The first-order chi connectivity index (χ1) is 13.8. The average molecular weight is 460 g/mol. The first-order valence-corrected chi connectivity index (χ1v) is 11.0. The lowest BCUT2D eigenvalue weighted by Crippen LogP contribution is -2.49. The molecular weight excluding hydrogens is 441 g/mol. The van der Waals surface area contributed by atoms with Crippen molar-refractivity contribution in [2.24, 2.45) is 0 Å². The third-order valence-corrected chi connectivity index (χ3v) is 7.18. The lowest BCUT2D eigenvalue weighted by atomic mass is 10.3. The average Bonchev–Trinajstić information content (AvgIpc) is 2.70. The van der Waals surface area contributed by atoms with Crippen molar-refractivity contribution in [1.29, 1.82) is 0 Å². The van der Waals surface area contributed by atoms with Gasteiger partial charge in [0.25, 0.3) is 0 Å². The molecule has 0 amide bonds. The predicted octanol–water partition coefficient (Wildman–Crippen LogP) is 3.29. The predicted molar refractivity (Wildman–Crippen MR) is 110 cm³/mol. The van der Waals surface area contributed by atoms with Gasteiger partial charge in [0.15, 0.2) is 5.75 Å². The number of nitrogens with zero attached hydrogens (tertiary/aromatic N) is 3. The molecule has 0 saturated carbocycles. The smallest absolute Gasteiger partial charge is 0.310 e. The fourth-order valence-corrected chi connectivity index (χ4v) is 5.18. The summed E-state index contributed by atoms with van der Waals surface area (Å²) in [6.07, 6.45) is 0. The number of hydrogen-bond donors (Lipinski definition) is 0. The van der Waals surface area contributed by atoms with Crippen LogP contribution in [0.5, 0.6) is 5.75 Å². The van der Waals surface area contributed by atoms with Crippen LogP contribution in [0.3, 0.4) is 0 Å². The van der Waals surface area contributed by atoms with Crippen LogP contribution in [-0.2, 0) is 10.0 Å². The van der Waals surface area contributed by atoms with Gasteiger partial charge in [-0.2, -0.15) is 4.31 Å². The summed E-state index contributed by atoms with van der Waals surface area (Å²) in [5.41, 5.74) is -0.0817. The second kappa shape index (κ2) is 9.27. The van der Waals surface area contributed by atoms with E-state index < -0.39 is 14.9 Å². The Morgan fingerprint density at radius 1 is 1.07 bits per heavy atom. The minimum atomic E-state index is -3.73. The molecule has 11 heteroatoms. The molecular formula is C18H19Cl2N3O5S. The molecule has 1 saturated heterocycles. The second-order valence-corrected chi connectivity index (χ2v) is 9.14. The Morgan fingerprint density at radius 3 is 2.45 bits per heavy atom. The highest BCUT2D eigenvalue weighted by atomic mass is 35.5. The van der Waals surface area contributed by atoms with Crippen LogP contribution in [0.1, 0.15) is 0 Å². The van der Waals surface area contributed by atoms with Gasteiger partial charge >= 0.3 is 5.69 Å². The molecule has 1 fully saturated rings. The number of benzene rings is 2. The number of nitro groups is 1. The van der Waals surface area contributed by atoms with Crippen LogP contribution in [0.2, 0.25) is 10.0 Å². The van der Waals surface area contributed by atoms with Gasteiger partial charge in [-0.25, -0.2) is 8.42 Å². The van der Waals surface area contributed by atoms with Gasteiger partial charge in [-0.15, -0.1) is 0 Å². The zero-order chi connectivity index (χ0) is 21.0. The number of ether oxygens (including phenoxy) is 1. The van der Waals surface area contributed by atoms with Crippen LogP contribution in [0.4, 0.5) is 5.69 Å². The van der Waals surface area contributed by atoms with Crippen molar-refractivity contribution >= 4 is 38.9 Å². The van der Waals surface area contributed by atoms with E-state index in [0.717, 1.165) is 0 Å². The lowest BCUT2D eigenvalue weighted by Gasteiger charge is -2.34. The summed E-state index contributed by atoms with van der Waals surface area (Å²) >= 11 is 12.0. The number of hydrogen-bond acceptors (Lipinski definition) is 6. The van der Waals surface area contributed by atoms with Crippen molar-refractivity contribution in [3.63, 3.8) is 0 Å². The standard InChI is InChI=1S/C18H19Cl2N3O5S/c19-14-5-6-15(20)18(13-14)29(26,27)22-9-7-21(8-10-22)11-12-28-17-4-2-1-3-16(17)23(24)25/h1-6,13H,7-12H2. The van der Waals surface area contributed by atoms with Crippen LogP contribution >= 0.6 is 23.2 Å². The van der Waals surface area contributed by atoms with Crippen LogP contribution in [-0.4, -0.2) is 61.9 Å². The second-order valence-electron chi connectivity index (χ2n) is 6.39. The van der Waals surface area contributed by atoms with Gasteiger partial charge in [-0.05, 0) is 24.3 Å². The molecule has 0 aromatic heterocycles. The van der Waals surface area contributed by atoms with Crippen molar-refractivity contribution < 1.29 is 18.1 Å². The summed E-state index contributed by atoms with van der Waals surface area (Å²) in [6.45, 7) is 2.41. The van der Waals surface area contributed by atoms with E-state index in [4.69, 9.17) is 27.9 Å². The molecule has 0 N–H and O–H groups in total. The molecule has 2 aromatic carbocycles. The van der Waals surface area contributed by atoms with Crippen molar-refractivity contribution in [1.82, 2.24) is 9.21 Å². The van der Waals surface area contributed by atoms with E-state index in [1.54, 1.807) is 18.2 Å². The number of sulfonamides is 1. The minimum Gasteiger partial charge on any atom is -0.485 e. The molecule has 2 aromatic rings. The van der Waals surface area contributed by atoms with E-state index >= 15 is 0 Å². The van der Waals surface area contributed by atoms with Gasteiger partial charge in [-0.3, -0.25) is 15.0 Å². The Hall–Kier alpha value is -1.91. The molecule has 1 aliphatic rings. The fourth-order valence-electron chi connectivity index (χ4n) is 3.02. The Labute approximate surface area is 178 Å². The molecule has 0 bridgehead atoms. The van der Waals surface area contributed by atoms with Gasteiger partial charge in [0, 0.05) is 43.8 Å². The Bertz CT molecular complexity index is 995. The molecule has 0 aliphatic carbocycles. The number of rotatable bonds is 7. The molecule has 29 heavy (non-hydrogen) atoms. The zero-order valence-electron chi connectivity index (χ0n) is 15.3. The number of nitro benzene ring substituents is 1. The van der Waals surface area contributed by atoms with E-state index in [0.29, 0.717) is 37.7 Å². The number of piperazine rings is 1. The normalized spacial score (nSPS) is 15.9. The molecule has 0 unspecified atom stereocenters. The van der Waals surface area contributed by atoms with E-state index in [9.17, 15) is 18.5 Å². The van der Waals surface area contributed by atoms with Gasteiger partial charge in [0.2, 0.25) is 10.0 Å². The lowest BCUT2D eigenvalue weighted by molar-refractivity contribution is -0.385. The Balaban J connectivity index is 1.55. The SMILES string of the molecule is O=[N+]([O-])c1ccccc1OCCN1CCN(S(=O)(=O)c2cc(Cl)ccc2Cl)CC1. The summed E-state index contributed by atoms with van der Waals surface area (Å²) in [4.78, 5) is 12.6. The zero-order valence-corrected chi connectivity index (χ0v) is 17.7. The van der Waals surface area contributed by atoms with Crippen molar-refractivity contribution in [2.45, 2.75) is 4.90 Å². The first-order valence-electron chi connectivity index (χ1n) is 8.83. The highest BCUT2D eigenvalue weighted by Gasteiger charge is 2.30. The molecule has 0 atom stereocenters.